The number of fused-ring (bicyclic) bond motifs is 1. The van der Waals surface area contributed by atoms with Crippen LogP contribution in [0.3, 0.4) is 0 Å². The van der Waals surface area contributed by atoms with Gasteiger partial charge in [0.2, 0.25) is 11.9 Å². The number of nitrogens with zero attached hydrogens (tertiary/aromatic N) is 6. The van der Waals surface area contributed by atoms with Gasteiger partial charge < -0.3 is 24.8 Å². The van der Waals surface area contributed by atoms with Crippen molar-refractivity contribution in [3.8, 4) is 0 Å². The summed E-state index contributed by atoms with van der Waals surface area (Å²) in [5.74, 6) is 2.16. The minimum atomic E-state index is 0.117. The topological polar surface area (TPSA) is 86.7 Å². The lowest BCUT2D eigenvalue weighted by Gasteiger charge is -2.38. The summed E-state index contributed by atoms with van der Waals surface area (Å²) in [5, 5.41) is 3.23. The number of likely N-dealkylation sites (N-methyl/N-ethyl adjacent to an activating group) is 1. The van der Waals surface area contributed by atoms with Gasteiger partial charge in [0, 0.05) is 25.7 Å². The lowest BCUT2D eigenvalue weighted by molar-refractivity contribution is -0.117. The van der Waals surface area contributed by atoms with Crippen molar-refractivity contribution in [2.45, 2.75) is 38.6 Å². The molecule has 1 saturated carbocycles. The molecule has 3 aliphatic rings. The van der Waals surface area contributed by atoms with Crippen LogP contribution in [0, 0.1) is 0 Å². The molecule has 2 aromatic rings. The van der Waals surface area contributed by atoms with E-state index in [-0.39, 0.29) is 5.91 Å². The zero-order chi connectivity index (χ0) is 21.2. The summed E-state index contributed by atoms with van der Waals surface area (Å²) in [7, 11) is 0. The monoisotopic (exact) mass is 423 g/mol. The number of morpholine rings is 1. The van der Waals surface area contributed by atoms with Crippen molar-refractivity contribution >= 4 is 34.9 Å². The number of carbonyl (C=O) groups is 1. The molecule has 0 bridgehead atoms. The van der Waals surface area contributed by atoms with Crippen LogP contribution in [0.2, 0.25) is 0 Å². The lowest BCUT2D eigenvalue weighted by Crippen LogP contribution is -2.49. The number of ether oxygens (including phenoxy) is 1. The maximum absolute atomic E-state index is 12.7. The van der Waals surface area contributed by atoms with E-state index in [1.165, 1.54) is 12.8 Å². The van der Waals surface area contributed by atoms with Crippen LogP contribution < -0.4 is 20.0 Å². The quantitative estimate of drug-likeness (QED) is 0.785. The highest BCUT2D eigenvalue weighted by Crippen LogP contribution is 2.37. The third-order valence-corrected chi connectivity index (χ3v) is 6.37. The molecule has 9 heteroatoms. The molecule has 0 spiro atoms. The number of carbonyl (C=O) groups excluding carboxylic acids is 1. The smallest absolute Gasteiger partial charge is 0.246 e. The Bertz CT molecular complexity index is 924. The van der Waals surface area contributed by atoms with Crippen LogP contribution >= 0.6 is 0 Å². The van der Waals surface area contributed by atoms with Crippen molar-refractivity contribution < 1.29 is 9.53 Å². The van der Waals surface area contributed by atoms with Gasteiger partial charge in [-0.3, -0.25) is 4.79 Å². The first-order chi connectivity index (χ1) is 15.2. The fraction of sp³-hybridized carbons (Fsp3) is 0.545. The van der Waals surface area contributed by atoms with E-state index >= 15 is 0 Å². The Morgan fingerprint density at radius 3 is 2.65 bits per heavy atom. The van der Waals surface area contributed by atoms with Crippen LogP contribution in [0.15, 0.2) is 24.5 Å². The summed E-state index contributed by atoms with van der Waals surface area (Å²) >= 11 is 0. The van der Waals surface area contributed by atoms with Gasteiger partial charge in [0.15, 0.2) is 5.82 Å². The third-order valence-electron chi connectivity index (χ3n) is 6.37. The van der Waals surface area contributed by atoms with Gasteiger partial charge in [0.25, 0.3) is 0 Å². The van der Waals surface area contributed by atoms with Gasteiger partial charge in [0.1, 0.15) is 11.5 Å². The van der Waals surface area contributed by atoms with Gasteiger partial charge in [0.05, 0.1) is 37.8 Å². The number of amides is 1. The predicted molar refractivity (Wildman–Crippen MR) is 120 cm³/mol. The molecule has 2 aliphatic heterocycles. The maximum Gasteiger partial charge on any atom is 0.246 e. The Labute approximate surface area is 182 Å². The van der Waals surface area contributed by atoms with Crippen LogP contribution in [-0.4, -0.2) is 66.3 Å². The van der Waals surface area contributed by atoms with Crippen LogP contribution in [0.25, 0.3) is 0 Å². The van der Waals surface area contributed by atoms with E-state index in [1.54, 1.807) is 11.1 Å². The third kappa shape index (κ3) is 4.01. The van der Waals surface area contributed by atoms with Crippen molar-refractivity contribution in [1.29, 1.82) is 0 Å². The van der Waals surface area contributed by atoms with Crippen molar-refractivity contribution in [2.75, 3.05) is 59.4 Å². The molecule has 164 valence electrons. The zero-order valence-electron chi connectivity index (χ0n) is 18.0. The average molecular weight is 424 g/mol. The molecule has 5 rings (SSSR count). The Morgan fingerprint density at radius 1 is 1.13 bits per heavy atom. The molecule has 0 unspecified atom stereocenters. The van der Waals surface area contributed by atoms with Crippen LogP contribution in [0.4, 0.5) is 29.0 Å². The van der Waals surface area contributed by atoms with Crippen molar-refractivity contribution in [2.24, 2.45) is 0 Å². The molecule has 1 amide bonds. The summed E-state index contributed by atoms with van der Waals surface area (Å²) < 4.78 is 5.42. The van der Waals surface area contributed by atoms with Crippen molar-refractivity contribution in [1.82, 2.24) is 15.0 Å². The maximum atomic E-state index is 12.7. The molecule has 9 nitrogen and oxygen atoms in total. The number of aromatic nitrogens is 3. The van der Waals surface area contributed by atoms with Crippen LogP contribution in [-0.2, 0) is 9.53 Å². The highest BCUT2D eigenvalue weighted by molar-refractivity contribution is 6.02. The van der Waals surface area contributed by atoms with E-state index in [9.17, 15) is 4.79 Å². The summed E-state index contributed by atoms with van der Waals surface area (Å²) in [6.07, 6.45) is 8.26. The molecule has 0 aromatic carbocycles. The predicted octanol–water partition coefficient (Wildman–Crippen LogP) is 2.57. The van der Waals surface area contributed by atoms with Gasteiger partial charge in [-0.2, -0.15) is 4.98 Å². The summed E-state index contributed by atoms with van der Waals surface area (Å²) in [4.78, 5) is 32.8. The van der Waals surface area contributed by atoms with Crippen LogP contribution in [0.1, 0.15) is 32.6 Å². The second kappa shape index (κ2) is 8.66. The normalized spacial score (nSPS) is 19.6. The van der Waals surface area contributed by atoms with E-state index in [0.717, 1.165) is 56.3 Å². The Kier molecular flexibility index (Phi) is 5.59. The van der Waals surface area contributed by atoms with Crippen molar-refractivity contribution in [3.05, 3.63) is 24.5 Å². The average Bonchev–Trinajstić information content (AvgIpc) is 3.35. The minimum Gasteiger partial charge on any atom is -0.378 e. The molecule has 2 aromatic heterocycles. The standard InChI is InChI=1S/C22H29N7O2/c1-2-28-18-14-24-22(26-21(18)29(15-20(28)30)16-5-3-4-6-16)25-19-8-7-17(13-23-19)27-9-11-31-12-10-27/h7-8,13-14,16H,2-6,9-12,15H2,1H3,(H,23,24,25,26). The molecular weight excluding hydrogens is 394 g/mol. The number of rotatable bonds is 5. The minimum absolute atomic E-state index is 0.117. The molecular formula is C22H29N7O2. The zero-order valence-corrected chi connectivity index (χ0v) is 18.0. The molecule has 1 N–H and O–H groups in total. The van der Waals surface area contributed by atoms with E-state index < -0.39 is 0 Å². The first-order valence-electron chi connectivity index (χ1n) is 11.2. The molecule has 31 heavy (non-hydrogen) atoms. The van der Waals surface area contributed by atoms with Crippen LogP contribution in [0.5, 0.6) is 0 Å². The second-order valence-electron chi connectivity index (χ2n) is 8.23. The highest BCUT2D eigenvalue weighted by Gasteiger charge is 2.35. The summed E-state index contributed by atoms with van der Waals surface area (Å²) in [5.41, 5.74) is 1.89. The fourth-order valence-electron chi connectivity index (χ4n) is 4.72. The second-order valence-corrected chi connectivity index (χ2v) is 8.23. The SMILES string of the molecule is CCN1C(=O)CN(C2CCCC2)c2nc(Nc3ccc(N4CCOCC4)cn3)ncc21. The fourth-order valence-corrected chi connectivity index (χ4v) is 4.72. The first kappa shape index (κ1) is 20.0. The molecule has 0 atom stereocenters. The van der Waals surface area contributed by atoms with Gasteiger partial charge in [-0.25, -0.2) is 9.97 Å². The van der Waals surface area contributed by atoms with E-state index in [2.05, 4.69) is 31.2 Å². The summed E-state index contributed by atoms with van der Waals surface area (Å²) in [6, 6.07) is 4.38. The van der Waals surface area contributed by atoms with Gasteiger partial charge in [-0.15, -0.1) is 0 Å². The van der Waals surface area contributed by atoms with Gasteiger partial charge >= 0.3 is 0 Å². The Balaban J connectivity index is 1.38. The van der Waals surface area contributed by atoms with Gasteiger partial charge in [-0.05, 0) is 31.9 Å². The first-order valence-corrected chi connectivity index (χ1v) is 11.2. The molecule has 1 aliphatic carbocycles. The van der Waals surface area contributed by atoms with E-state index in [0.29, 0.717) is 30.9 Å². The molecule has 2 fully saturated rings. The Hall–Kier alpha value is -2.94. The van der Waals surface area contributed by atoms with E-state index in [4.69, 9.17) is 9.72 Å². The largest absolute Gasteiger partial charge is 0.378 e. The Morgan fingerprint density at radius 2 is 1.94 bits per heavy atom. The van der Waals surface area contributed by atoms with Crippen molar-refractivity contribution in [3.63, 3.8) is 0 Å². The van der Waals surface area contributed by atoms with Gasteiger partial charge in [-0.1, -0.05) is 12.8 Å². The lowest BCUT2D eigenvalue weighted by atomic mass is 10.1. The van der Waals surface area contributed by atoms with E-state index in [1.807, 2.05) is 19.2 Å². The summed E-state index contributed by atoms with van der Waals surface area (Å²) in [6.45, 7) is 6.24. The number of hydrogen-bond donors (Lipinski definition) is 1. The molecule has 1 saturated heterocycles. The number of pyridine rings is 1. The number of anilines is 5. The number of nitrogens with one attached hydrogen (secondary N) is 1. The molecule has 0 radical (unpaired) electrons. The number of hydrogen-bond acceptors (Lipinski definition) is 8. The molecule has 4 heterocycles. The highest BCUT2D eigenvalue weighted by atomic mass is 16.5.